The van der Waals surface area contributed by atoms with Crippen LogP contribution in [0.2, 0.25) is 0 Å². The second kappa shape index (κ2) is 8.37. The summed E-state index contributed by atoms with van der Waals surface area (Å²) in [5, 5.41) is 0. The number of likely N-dealkylation sites (N-methyl/N-ethyl adjacent to an activating group) is 1. The van der Waals surface area contributed by atoms with E-state index in [-0.39, 0.29) is 11.7 Å². The number of ketones is 1. The Morgan fingerprint density at radius 1 is 1.10 bits per heavy atom. The molecule has 7 nitrogen and oxygen atoms in total. The first-order valence-corrected chi connectivity index (χ1v) is 10.2. The highest BCUT2D eigenvalue weighted by molar-refractivity contribution is 5.98. The predicted octanol–water partition coefficient (Wildman–Crippen LogP) is 2.55. The van der Waals surface area contributed by atoms with E-state index in [1.165, 1.54) is 0 Å². The van der Waals surface area contributed by atoms with Gasteiger partial charge < -0.3 is 19.3 Å². The summed E-state index contributed by atoms with van der Waals surface area (Å²) >= 11 is 0. The molecule has 1 atom stereocenters. The van der Waals surface area contributed by atoms with Gasteiger partial charge in [-0.25, -0.2) is 9.97 Å². The lowest BCUT2D eigenvalue weighted by Crippen LogP contribution is -2.46. The fourth-order valence-corrected chi connectivity index (χ4v) is 4.23. The number of Topliss-reactive ketones (excluding diaryl/α,β-unsaturated/α-hetero) is 1. The molecule has 1 aromatic carbocycles. The topological polar surface area (TPSA) is 67.8 Å². The molecular formula is C22H28N4O3. The Labute approximate surface area is 171 Å². The number of anilines is 1. The van der Waals surface area contributed by atoms with Crippen LogP contribution in [0.15, 0.2) is 24.4 Å². The van der Waals surface area contributed by atoms with Crippen LogP contribution in [0.4, 0.5) is 5.95 Å². The standard InChI is InChI=1S/C22H28N4O3/c1-4-25-7-9-26(10-8-25)22-23-14-18-19(24-22)11-15(12-20(18)27)17-6-5-16(28-2)13-21(17)29-3/h5-6,13-15H,4,7-12H2,1-3H3. The van der Waals surface area contributed by atoms with Crippen molar-refractivity contribution >= 4 is 11.7 Å². The van der Waals surface area contributed by atoms with Crippen LogP contribution in [0.3, 0.4) is 0 Å². The maximum Gasteiger partial charge on any atom is 0.225 e. The van der Waals surface area contributed by atoms with Gasteiger partial charge in [0.05, 0.1) is 25.5 Å². The summed E-state index contributed by atoms with van der Waals surface area (Å²) in [6, 6.07) is 5.77. The molecule has 29 heavy (non-hydrogen) atoms. The van der Waals surface area contributed by atoms with Gasteiger partial charge in [0, 0.05) is 50.8 Å². The summed E-state index contributed by atoms with van der Waals surface area (Å²) < 4.78 is 10.9. The molecule has 1 unspecified atom stereocenters. The highest BCUT2D eigenvalue weighted by atomic mass is 16.5. The third kappa shape index (κ3) is 3.92. The van der Waals surface area contributed by atoms with E-state index in [2.05, 4.69) is 21.7 Å². The van der Waals surface area contributed by atoms with Crippen molar-refractivity contribution in [1.29, 1.82) is 0 Å². The summed E-state index contributed by atoms with van der Waals surface area (Å²) in [6.07, 6.45) is 2.86. The first-order valence-electron chi connectivity index (χ1n) is 10.2. The fraction of sp³-hybridized carbons (Fsp3) is 0.500. The molecule has 2 aliphatic rings. The molecule has 1 aliphatic carbocycles. The number of ether oxygens (including phenoxy) is 2. The van der Waals surface area contributed by atoms with E-state index < -0.39 is 0 Å². The van der Waals surface area contributed by atoms with Gasteiger partial charge in [0.15, 0.2) is 5.78 Å². The summed E-state index contributed by atoms with van der Waals surface area (Å²) in [5.74, 6) is 2.35. The molecule has 1 saturated heterocycles. The third-order valence-corrected chi connectivity index (χ3v) is 6.01. The van der Waals surface area contributed by atoms with Crippen molar-refractivity contribution in [2.75, 3.05) is 51.8 Å². The lowest BCUT2D eigenvalue weighted by molar-refractivity contribution is 0.0962. The molecule has 1 aromatic heterocycles. The van der Waals surface area contributed by atoms with Crippen molar-refractivity contribution < 1.29 is 14.3 Å². The molecule has 0 N–H and O–H groups in total. The van der Waals surface area contributed by atoms with Gasteiger partial charge in [0.1, 0.15) is 11.5 Å². The zero-order valence-corrected chi connectivity index (χ0v) is 17.4. The highest BCUT2D eigenvalue weighted by Gasteiger charge is 2.30. The summed E-state index contributed by atoms with van der Waals surface area (Å²) in [4.78, 5) is 26.8. The van der Waals surface area contributed by atoms with Crippen molar-refractivity contribution in [3.05, 3.63) is 41.2 Å². The van der Waals surface area contributed by atoms with Crippen LogP contribution >= 0.6 is 0 Å². The summed E-state index contributed by atoms with van der Waals surface area (Å²) in [7, 11) is 3.28. The van der Waals surface area contributed by atoms with Crippen LogP contribution in [0, 0.1) is 0 Å². The van der Waals surface area contributed by atoms with E-state index in [1.807, 2.05) is 18.2 Å². The van der Waals surface area contributed by atoms with Crippen LogP contribution in [0.25, 0.3) is 0 Å². The van der Waals surface area contributed by atoms with E-state index in [1.54, 1.807) is 20.4 Å². The SMILES string of the molecule is CCN1CCN(c2ncc3c(n2)CC(c2ccc(OC)cc2OC)CC3=O)CC1. The number of benzene rings is 1. The number of carbonyl (C=O) groups excluding carboxylic acids is 1. The quantitative estimate of drug-likeness (QED) is 0.769. The van der Waals surface area contributed by atoms with Crippen molar-refractivity contribution in [2.45, 2.75) is 25.7 Å². The Balaban J connectivity index is 1.59. The highest BCUT2D eigenvalue weighted by Crippen LogP contribution is 2.38. The minimum atomic E-state index is 0.0375. The van der Waals surface area contributed by atoms with Gasteiger partial charge in [-0.3, -0.25) is 4.79 Å². The van der Waals surface area contributed by atoms with E-state index in [4.69, 9.17) is 14.5 Å². The van der Waals surface area contributed by atoms with Gasteiger partial charge in [-0.15, -0.1) is 0 Å². The molecule has 1 aliphatic heterocycles. The third-order valence-electron chi connectivity index (χ3n) is 6.01. The lowest BCUT2D eigenvalue weighted by atomic mass is 9.82. The average molecular weight is 396 g/mol. The Morgan fingerprint density at radius 3 is 2.59 bits per heavy atom. The van der Waals surface area contributed by atoms with Crippen molar-refractivity contribution in [3.63, 3.8) is 0 Å². The maximum atomic E-state index is 12.8. The molecule has 1 fully saturated rings. The van der Waals surface area contributed by atoms with Gasteiger partial charge >= 0.3 is 0 Å². The molecule has 4 rings (SSSR count). The van der Waals surface area contributed by atoms with Crippen LogP contribution in [-0.2, 0) is 6.42 Å². The first-order chi connectivity index (χ1) is 14.1. The minimum absolute atomic E-state index is 0.0375. The monoisotopic (exact) mass is 396 g/mol. The number of nitrogens with zero attached hydrogens (tertiary/aromatic N) is 4. The number of piperazine rings is 1. The first kappa shape index (κ1) is 19.6. The van der Waals surface area contributed by atoms with Gasteiger partial charge in [0.2, 0.25) is 5.95 Å². The number of hydrogen-bond acceptors (Lipinski definition) is 7. The van der Waals surface area contributed by atoms with Gasteiger partial charge in [-0.2, -0.15) is 0 Å². The second-order valence-corrected chi connectivity index (χ2v) is 7.59. The van der Waals surface area contributed by atoms with E-state index in [0.717, 1.165) is 61.4 Å². The molecule has 0 saturated carbocycles. The number of fused-ring (bicyclic) bond motifs is 1. The van der Waals surface area contributed by atoms with Crippen LogP contribution in [0.5, 0.6) is 11.5 Å². The summed E-state index contributed by atoms with van der Waals surface area (Å²) in [5.41, 5.74) is 2.51. The lowest BCUT2D eigenvalue weighted by Gasteiger charge is -2.34. The van der Waals surface area contributed by atoms with Crippen molar-refractivity contribution in [1.82, 2.24) is 14.9 Å². The molecule has 154 valence electrons. The molecule has 2 heterocycles. The predicted molar refractivity (Wildman–Crippen MR) is 111 cm³/mol. The average Bonchev–Trinajstić information content (AvgIpc) is 2.78. The van der Waals surface area contributed by atoms with E-state index >= 15 is 0 Å². The smallest absolute Gasteiger partial charge is 0.225 e. The van der Waals surface area contributed by atoms with Gasteiger partial charge in [-0.05, 0) is 24.6 Å². The largest absolute Gasteiger partial charge is 0.497 e. The molecule has 0 spiro atoms. The van der Waals surface area contributed by atoms with Gasteiger partial charge in [-0.1, -0.05) is 13.0 Å². The van der Waals surface area contributed by atoms with E-state index in [9.17, 15) is 4.79 Å². The molecule has 7 heteroatoms. The van der Waals surface area contributed by atoms with E-state index in [0.29, 0.717) is 18.4 Å². The van der Waals surface area contributed by atoms with Gasteiger partial charge in [0.25, 0.3) is 0 Å². The fourth-order valence-electron chi connectivity index (χ4n) is 4.23. The normalized spacial score (nSPS) is 19.8. The van der Waals surface area contributed by atoms with Crippen LogP contribution < -0.4 is 14.4 Å². The molecule has 0 amide bonds. The number of methoxy groups -OCH3 is 2. The number of aromatic nitrogens is 2. The number of hydrogen-bond donors (Lipinski definition) is 0. The molecule has 2 aromatic rings. The summed E-state index contributed by atoms with van der Waals surface area (Å²) in [6.45, 7) is 7.11. The molecular weight excluding hydrogens is 368 g/mol. The zero-order valence-electron chi connectivity index (χ0n) is 17.4. The molecule has 0 bridgehead atoms. The van der Waals surface area contributed by atoms with Crippen molar-refractivity contribution in [3.8, 4) is 11.5 Å². The zero-order chi connectivity index (χ0) is 20.4. The Bertz CT molecular complexity index is 894. The number of rotatable bonds is 5. The van der Waals surface area contributed by atoms with Crippen molar-refractivity contribution in [2.24, 2.45) is 0 Å². The Hall–Kier alpha value is -2.67. The van der Waals surface area contributed by atoms with Crippen LogP contribution in [-0.4, -0.2) is 67.6 Å². The van der Waals surface area contributed by atoms with Crippen LogP contribution in [0.1, 0.15) is 40.9 Å². The Morgan fingerprint density at radius 2 is 1.90 bits per heavy atom. The second-order valence-electron chi connectivity index (χ2n) is 7.59. The maximum absolute atomic E-state index is 12.8. The minimum Gasteiger partial charge on any atom is -0.497 e. The number of carbonyl (C=O) groups is 1. The Kier molecular flexibility index (Phi) is 5.67. The molecule has 0 radical (unpaired) electrons.